The van der Waals surface area contributed by atoms with Gasteiger partial charge in [-0.2, -0.15) is 0 Å². The molecule has 1 aromatic carbocycles. The average Bonchev–Trinajstić information content (AvgIpc) is 2.30. The maximum Gasteiger partial charge on any atom is 0.335 e. The fourth-order valence-electron chi connectivity index (χ4n) is 1.42. The van der Waals surface area contributed by atoms with Gasteiger partial charge in [-0.1, -0.05) is 6.92 Å². The van der Waals surface area contributed by atoms with Crippen LogP contribution in [0.15, 0.2) is 18.2 Å². The first-order chi connectivity index (χ1) is 8.08. The van der Waals surface area contributed by atoms with Crippen LogP contribution in [-0.4, -0.2) is 17.1 Å². The quantitative estimate of drug-likeness (QED) is 0.771. The lowest BCUT2D eigenvalue weighted by Crippen LogP contribution is -2.18. The summed E-state index contributed by atoms with van der Waals surface area (Å²) in [5, 5.41) is 11.7. The Hall–Kier alpha value is -2.02. The van der Waals surface area contributed by atoms with Crippen LogP contribution in [0.2, 0.25) is 0 Å². The third-order valence-electron chi connectivity index (χ3n) is 2.43. The van der Waals surface area contributed by atoms with E-state index in [-0.39, 0.29) is 17.3 Å². The van der Waals surface area contributed by atoms with E-state index < -0.39 is 11.8 Å². The van der Waals surface area contributed by atoms with Gasteiger partial charge in [0.2, 0.25) is 0 Å². The Morgan fingerprint density at radius 2 is 2.35 bits per heavy atom. The molecule has 0 radical (unpaired) electrons. The van der Waals surface area contributed by atoms with Crippen LogP contribution in [0, 0.1) is 18.2 Å². The highest BCUT2D eigenvalue weighted by Crippen LogP contribution is 2.18. The van der Waals surface area contributed by atoms with E-state index in [4.69, 9.17) is 11.5 Å². The SMILES string of the molecule is C#CCC(CC)Nc1ccc(C(=O)O)cc1F. The third kappa shape index (κ3) is 3.49. The van der Waals surface area contributed by atoms with Crippen LogP contribution in [0.5, 0.6) is 0 Å². The second-order valence-corrected chi connectivity index (χ2v) is 3.66. The minimum absolute atomic E-state index is 0.00909. The van der Waals surface area contributed by atoms with Crippen LogP contribution in [0.4, 0.5) is 10.1 Å². The van der Waals surface area contributed by atoms with Crippen molar-refractivity contribution in [3.63, 3.8) is 0 Å². The third-order valence-corrected chi connectivity index (χ3v) is 2.43. The Morgan fingerprint density at radius 1 is 1.65 bits per heavy atom. The number of carboxylic acid groups (broad SMARTS) is 1. The zero-order chi connectivity index (χ0) is 12.8. The molecule has 4 heteroatoms. The molecule has 0 aliphatic heterocycles. The monoisotopic (exact) mass is 235 g/mol. The first-order valence-electron chi connectivity index (χ1n) is 5.31. The van der Waals surface area contributed by atoms with Crippen LogP contribution in [0.1, 0.15) is 30.1 Å². The summed E-state index contributed by atoms with van der Waals surface area (Å²) in [5.74, 6) is 0.779. The number of nitrogens with one attached hydrogen (secondary N) is 1. The Kier molecular flexibility index (Phi) is 4.53. The van der Waals surface area contributed by atoms with Gasteiger partial charge in [-0.15, -0.1) is 12.3 Å². The molecule has 1 rings (SSSR count). The van der Waals surface area contributed by atoms with Crippen molar-refractivity contribution in [3.05, 3.63) is 29.6 Å². The van der Waals surface area contributed by atoms with Crippen molar-refractivity contribution in [1.82, 2.24) is 0 Å². The summed E-state index contributed by atoms with van der Waals surface area (Å²) < 4.78 is 13.6. The molecule has 0 spiro atoms. The van der Waals surface area contributed by atoms with Crippen molar-refractivity contribution < 1.29 is 14.3 Å². The molecule has 90 valence electrons. The van der Waals surface area contributed by atoms with Gasteiger partial charge in [0.1, 0.15) is 5.82 Å². The van der Waals surface area contributed by atoms with Gasteiger partial charge in [0.15, 0.2) is 0 Å². The minimum atomic E-state index is -1.15. The molecule has 0 aromatic heterocycles. The van der Waals surface area contributed by atoms with Gasteiger partial charge in [-0.05, 0) is 24.6 Å². The number of carbonyl (C=O) groups is 1. The van der Waals surface area contributed by atoms with E-state index in [2.05, 4.69) is 11.2 Å². The highest BCUT2D eigenvalue weighted by molar-refractivity contribution is 5.88. The molecule has 17 heavy (non-hydrogen) atoms. The predicted octanol–water partition coefficient (Wildman–Crippen LogP) is 2.74. The number of aromatic carboxylic acids is 1. The van der Waals surface area contributed by atoms with E-state index in [1.165, 1.54) is 12.1 Å². The van der Waals surface area contributed by atoms with Gasteiger partial charge >= 0.3 is 5.97 Å². The molecule has 0 heterocycles. The molecular weight excluding hydrogens is 221 g/mol. The molecule has 0 saturated heterocycles. The zero-order valence-electron chi connectivity index (χ0n) is 9.53. The maximum atomic E-state index is 13.6. The van der Waals surface area contributed by atoms with Crippen molar-refractivity contribution in [1.29, 1.82) is 0 Å². The number of terminal acetylenes is 1. The van der Waals surface area contributed by atoms with E-state index in [1.807, 2.05) is 6.92 Å². The van der Waals surface area contributed by atoms with Crippen LogP contribution in [0.25, 0.3) is 0 Å². The van der Waals surface area contributed by atoms with Crippen LogP contribution >= 0.6 is 0 Å². The molecule has 0 aliphatic rings. The largest absolute Gasteiger partial charge is 0.478 e. The summed E-state index contributed by atoms with van der Waals surface area (Å²) in [6.45, 7) is 1.94. The molecule has 0 saturated carbocycles. The van der Waals surface area contributed by atoms with E-state index >= 15 is 0 Å². The maximum absolute atomic E-state index is 13.6. The van der Waals surface area contributed by atoms with E-state index in [0.29, 0.717) is 6.42 Å². The van der Waals surface area contributed by atoms with Gasteiger partial charge in [-0.25, -0.2) is 9.18 Å². The summed E-state index contributed by atoms with van der Waals surface area (Å²) in [4.78, 5) is 10.6. The smallest absolute Gasteiger partial charge is 0.335 e. The summed E-state index contributed by atoms with van der Waals surface area (Å²) in [7, 11) is 0. The van der Waals surface area contributed by atoms with Crippen LogP contribution < -0.4 is 5.32 Å². The normalized spacial score (nSPS) is 11.6. The lowest BCUT2D eigenvalue weighted by atomic mass is 10.1. The highest BCUT2D eigenvalue weighted by atomic mass is 19.1. The predicted molar refractivity (Wildman–Crippen MR) is 64.5 cm³/mol. The molecule has 1 unspecified atom stereocenters. The van der Waals surface area contributed by atoms with E-state index in [1.54, 1.807) is 0 Å². The topological polar surface area (TPSA) is 49.3 Å². The highest BCUT2D eigenvalue weighted by Gasteiger charge is 2.11. The number of benzene rings is 1. The number of halogens is 1. The second kappa shape index (κ2) is 5.90. The van der Waals surface area contributed by atoms with Crippen molar-refractivity contribution >= 4 is 11.7 Å². The van der Waals surface area contributed by atoms with Crippen molar-refractivity contribution in [2.24, 2.45) is 0 Å². The van der Waals surface area contributed by atoms with Gasteiger partial charge in [0, 0.05) is 12.5 Å². The number of hydrogen-bond donors (Lipinski definition) is 2. The summed E-state index contributed by atoms with van der Waals surface area (Å²) in [5.41, 5.74) is 0.204. The summed E-state index contributed by atoms with van der Waals surface area (Å²) >= 11 is 0. The number of rotatable bonds is 5. The Bertz CT molecular complexity index is 451. The fraction of sp³-hybridized carbons (Fsp3) is 0.308. The molecular formula is C13H14FNO2. The lowest BCUT2D eigenvalue weighted by Gasteiger charge is -2.16. The van der Waals surface area contributed by atoms with Crippen molar-refractivity contribution in [2.75, 3.05) is 5.32 Å². The zero-order valence-corrected chi connectivity index (χ0v) is 9.53. The Morgan fingerprint density at radius 3 is 2.82 bits per heavy atom. The van der Waals surface area contributed by atoms with Gasteiger partial charge in [0.05, 0.1) is 11.3 Å². The average molecular weight is 235 g/mol. The summed E-state index contributed by atoms with van der Waals surface area (Å²) in [6.07, 6.45) is 6.46. The molecule has 0 amide bonds. The van der Waals surface area contributed by atoms with Gasteiger partial charge in [-0.3, -0.25) is 0 Å². The Balaban J connectivity index is 2.85. The molecule has 0 bridgehead atoms. The van der Waals surface area contributed by atoms with E-state index in [9.17, 15) is 9.18 Å². The number of anilines is 1. The second-order valence-electron chi connectivity index (χ2n) is 3.66. The van der Waals surface area contributed by atoms with E-state index in [0.717, 1.165) is 12.5 Å². The van der Waals surface area contributed by atoms with Crippen molar-refractivity contribution in [2.45, 2.75) is 25.8 Å². The van der Waals surface area contributed by atoms with Gasteiger partial charge in [0.25, 0.3) is 0 Å². The lowest BCUT2D eigenvalue weighted by molar-refractivity contribution is 0.0696. The van der Waals surface area contributed by atoms with Gasteiger partial charge < -0.3 is 10.4 Å². The molecule has 1 aromatic rings. The molecule has 2 N–H and O–H groups in total. The molecule has 0 aliphatic carbocycles. The number of hydrogen-bond acceptors (Lipinski definition) is 2. The standard InChI is InChI=1S/C13H14FNO2/c1-3-5-10(4-2)15-12-7-6-9(13(16)17)8-11(12)14/h1,6-8,10,15H,4-5H2,2H3,(H,16,17). The van der Waals surface area contributed by atoms with Crippen LogP contribution in [0.3, 0.4) is 0 Å². The van der Waals surface area contributed by atoms with Crippen LogP contribution in [-0.2, 0) is 0 Å². The molecule has 1 atom stereocenters. The summed E-state index contributed by atoms with van der Waals surface area (Å²) in [6, 6.07) is 3.76. The molecule has 0 fully saturated rings. The number of carboxylic acids is 1. The molecule has 3 nitrogen and oxygen atoms in total. The minimum Gasteiger partial charge on any atom is -0.478 e. The first kappa shape index (κ1) is 13.0. The first-order valence-corrected chi connectivity index (χ1v) is 5.31. The fourth-order valence-corrected chi connectivity index (χ4v) is 1.42. The Labute approximate surface area is 99.7 Å². The van der Waals surface area contributed by atoms with Crippen molar-refractivity contribution in [3.8, 4) is 12.3 Å².